The van der Waals surface area contributed by atoms with E-state index in [1.807, 2.05) is 43.8 Å². The Morgan fingerprint density at radius 2 is 1.96 bits per heavy atom. The Bertz CT molecular complexity index is 786. The molecule has 0 bridgehead atoms. The van der Waals surface area contributed by atoms with Crippen molar-refractivity contribution in [1.29, 1.82) is 0 Å². The number of carbonyl (C=O) groups is 1. The third-order valence-electron chi connectivity index (χ3n) is 4.02. The summed E-state index contributed by atoms with van der Waals surface area (Å²) in [5.74, 6) is 1.22. The third-order valence-corrected chi connectivity index (χ3v) is 4.80. The Morgan fingerprint density at radius 3 is 2.54 bits per heavy atom. The molecule has 0 unspecified atom stereocenters. The van der Waals surface area contributed by atoms with Crippen molar-refractivity contribution in [3.63, 3.8) is 0 Å². The van der Waals surface area contributed by atoms with Crippen molar-refractivity contribution in [3.05, 3.63) is 29.1 Å². The quantitative estimate of drug-likeness (QED) is 0.860. The second-order valence-electron chi connectivity index (χ2n) is 5.51. The van der Waals surface area contributed by atoms with E-state index in [9.17, 15) is 4.79 Å². The number of ether oxygens (including phenoxy) is 2. The summed E-state index contributed by atoms with van der Waals surface area (Å²) in [6, 6.07) is 3.73. The maximum atomic E-state index is 12.8. The zero-order valence-corrected chi connectivity index (χ0v) is 15.1. The molecule has 3 rings (SSSR count). The van der Waals surface area contributed by atoms with Gasteiger partial charge in [0.15, 0.2) is 11.5 Å². The number of benzene rings is 1. The lowest BCUT2D eigenvalue weighted by atomic mass is 10.1. The molecule has 2 heterocycles. The lowest BCUT2D eigenvalue weighted by Crippen LogP contribution is -2.18. The highest BCUT2D eigenvalue weighted by Gasteiger charge is 2.21. The standard InChI is InChI=1S/C17H21N3O3S/c1-5-20-11(3)16(10(2)19-20)17(21)18-12-8-13-14(9-15(12)24-4)23-7-6-22-13/h8-9H,5-7H2,1-4H3,(H,18,21). The normalized spacial score (nSPS) is 13.0. The highest BCUT2D eigenvalue weighted by molar-refractivity contribution is 7.98. The number of hydrogen-bond acceptors (Lipinski definition) is 5. The van der Waals surface area contributed by atoms with Crippen molar-refractivity contribution >= 4 is 23.4 Å². The van der Waals surface area contributed by atoms with Crippen LogP contribution in [0.2, 0.25) is 0 Å². The van der Waals surface area contributed by atoms with Crippen LogP contribution in [0.4, 0.5) is 5.69 Å². The largest absolute Gasteiger partial charge is 0.486 e. The molecule has 128 valence electrons. The fourth-order valence-corrected chi connectivity index (χ4v) is 3.41. The van der Waals surface area contributed by atoms with Crippen LogP contribution in [0.25, 0.3) is 0 Å². The van der Waals surface area contributed by atoms with E-state index in [4.69, 9.17) is 9.47 Å². The number of carbonyl (C=O) groups excluding carboxylic acids is 1. The predicted molar refractivity (Wildman–Crippen MR) is 94.5 cm³/mol. The van der Waals surface area contributed by atoms with Gasteiger partial charge in [-0.1, -0.05) is 0 Å². The molecule has 7 heteroatoms. The van der Waals surface area contributed by atoms with E-state index in [0.717, 1.165) is 34.3 Å². The molecule has 2 aromatic rings. The molecule has 1 aliphatic heterocycles. The highest BCUT2D eigenvalue weighted by atomic mass is 32.2. The van der Waals surface area contributed by atoms with Crippen molar-refractivity contribution in [1.82, 2.24) is 9.78 Å². The van der Waals surface area contributed by atoms with E-state index in [0.29, 0.717) is 24.5 Å². The van der Waals surface area contributed by atoms with Crippen molar-refractivity contribution in [3.8, 4) is 11.5 Å². The van der Waals surface area contributed by atoms with Crippen LogP contribution in [0, 0.1) is 13.8 Å². The Hall–Kier alpha value is -2.15. The number of nitrogens with one attached hydrogen (secondary N) is 1. The van der Waals surface area contributed by atoms with Gasteiger partial charge in [0.25, 0.3) is 5.91 Å². The van der Waals surface area contributed by atoms with Crippen LogP contribution in [0.15, 0.2) is 17.0 Å². The number of hydrogen-bond donors (Lipinski definition) is 1. The fourth-order valence-electron chi connectivity index (χ4n) is 2.85. The predicted octanol–water partition coefficient (Wildman–Crippen LogP) is 3.27. The third kappa shape index (κ3) is 2.96. The van der Waals surface area contributed by atoms with Crippen molar-refractivity contribution in [2.75, 3.05) is 24.8 Å². The van der Waals surface area contributed by atoms with Gasteiger partial charge in [-0.3, -0.25) is 9.48 Å². The second kappa shape index (κ2) is 6.76. The molecule has 1 aliphatic rings. The first-order chi connectivity index (χ1) is 11.5. The minimum Gasteiger partial charge on any atom is -0.486 e. The van der Waals surface area contributed by atoms with Crippen LogP contribution < -0.4 is 14.8 Å². The van der Waals surface area contributed by atoms with Gasteiger partial charge in [-0.15, -0.1) is 11.8 Å². The smallest absolute Gasteiger partial charge is 0.259 e. The van der Waals surface area contributed by atoms with Gasteiger partial charge in [-0.05, 0) is 33.1 Å². The Balaban J connectivity index is 1.93. The number of thioether (sulfide) groups is 1. The minimum atomic E-state index is -0.156. The lowest BCUT2D eigenvalue weighted by Gasteiger charge is -2.21. The fraction of sp³-hybridized carbons (Fsp3) is 0.412. The Morgan fingerprint density at radius 1 is 1.29 bits per heavy atom. The molecule has 0 radical (unpaired) electrons. The molecule has 0 atom stereocenters. The van der Waals surface area contributed by atoms with Crippen LogP contribution >= 0.6 is 11.8 Å². The Labute approximate surface area is 145 Å². The van der Waals surface area contributed by atoms with Gasteiger partial charge in [-0.2, -0.15) is 5.10 Å². The van der Waals surface area contributed by atoms with Crippen molar-refractivity contribution < 1.29 is 14.3 Å². The summed E-state index contributed by atoms with van der Waals surface area (Å²) < 4.78 is 13.1. The maximum Gasteiger partial charge on any atom is 0.259 e. The van der Waals surface area contributed by atoms with E-state index < -0.39 is 0 Å². The van der Waals surface area contributed by atoms with Crippen molar-refractivity contribution in [2.45, 2.75) is 32.2 Å². The molecule has 1 aromatic carbocycles. The molecular weight excluding hydrogens is 326 g/mol. The molecule has 0 aliphatic carbocycles. The number of nitrogens with zero attached hydrogens (tertiary/aromatic N) is 2. The zero-order chi connectivity index (χ0) is 17.3. The van der Waals surface area contributed by atoms with E-state index in [-0.39, 0.29) is 5.91 Å². The summed E-state index contributed by atoms with van der Waals surface area (Å²) in [7, 11) is 0. The number of rotatable bonds is 4. The van der Waals surface area contributed by atoms with Crippen molar-refractivity contribution in [2.24, 2.45) is 0 Å². The Kier molecular flexibility index (Phi) is 4.71. The summed E-state index contributed by atoms with van der Waals surface area (Å²) in [5, 5.41) is 7.41. The van der Waals surface area contributed by atoms with Crippen LogP contribution in [-0.2, 0) is 6.54 Å². The molecule has 1 aromatic heterocycles. The van der Waals surface area contributed by atoms with Gasteiger partial charge in [0.05, 0.1) is 16.9 Å². The summed E-state index contributed by atoms with van der Waals surface area (Å²) in [6.45, 7) is 7.57. The highest BCUT2D eigenvalue weighted by Crippen LogP contribution is 2.39. The first kappa shape index (κ1) is 16.7. The van der Waals surface area contributed by atoms with Gasteiger partial charge >= 0.3 is 0 Å². The van der Waals surface area contributed by atoms with Gasteiger partial charge in [0.2, 0.25) is 0 Å². The zero-order valence-electron chi connectivity index (χ0n) is 14.3. The molecule has 0 saturated heterocycles. The number of aryl methyl sites for hydroxylation is 2. The van der Waals surface area contributed by atoms with Crippen LogP contribution in [0.1, 0.15) is 28.7 Å². The summed E-state index contributed by atoms with van der Waals surface area (Å²) >= 11 is 1.55. The van der Waals surface area contributed by atoms with Crippen LogP contribution in [0.3, 0.4) is 0 Å². The number of aromatic nitrogens is 2. The molecule has 0 saturated carbocycles. The first-order valence-corrected chi connectivity index (χ1v) is 9.10. The summed E-state index contributed by atoms with van der Waals surface area (Å²) in [6.07, 6.45) is 1.96. The SMILES string of the molecule is CCn1nc(C)c(C(=O)Nc2cc3c(cc2SC)OCCO3)c1C. The molecule has 1 amide bonds. The number of amides is 1. The number of anilines is 1. The molecule has 24 heavy (non-hydrogen) atoms. The van der Waals surface area contributed by atoms with E-state index in [1.165, 1.54) is 0 Å². The van der Waals surface area contributed by atoms with Crippen LogP contribution in [0.5, 0.6) is 11.5 Å². The van der Waals surface area contributed by atoms with E-state index >= 15 is 0 Å². The lowest BCUT2D eigenvalue weighted by molar-refractivity contribution is 0.102. The maximum absolute atomic E-state index is 12.8. The average Bonchev–Trinajstić information content (AvgIpc) is 2.87. The minimum absolute atomic E-state index is 0.156. The molecule has 0 fully saturated rings. The monoisotopic (exact) mass is 347 g/mol. The molecule has 6 nitrogen and oxygen atoms in total. The van der Waals surface area contributed by atoms with Gasteiger partial charge in [0.1, 0.15) is 13.2 Å². The number of fused-ring (bicyclic) bond motifs is 1. The average molecular weight is 347 g/mol. The molecular formula is C17H21N3O3S. The second-order valence-corrected chi connectivity index (χ2v) is 6.36. The van der Waals surface area contributed by atoms with Gasteiger partial charge in [0, 0.05) is 23.2 Å². The first-order valence-electron chi connectivity index (χ1n) is 7.88. The summed E-state index contributed by atoms with van der Waals surface area (Å²) in [4.78, 5) is 13.7. The summed E-state index contributed by atoms with van der Waals surface area (Å²) in [5.41, 5.74) is 2.95. The van der Waals surface area contributed by atoms with Gasteiger partial charge in [-0.25, -0.2) is 0 Å². The van der Waals surface area contributed by atoms with E-state index in [2.05, 4.69) is 10.4 Å². The molecule has 1 N–H and O–H groups in total. The topological polar surface area (TPSA) is 65.4 Å². The molecule has 0 spiro atoms. The van der Waals surface area contributed by atoms with E-state index in [1.54, 1.807) is 11.8 Å². The van der Waals surface area contributed by atoms with Crippen LogP contribution in [-0.4, -0.2) is 35.2 Å². The van der Waals surface area contributed by atoms with Gasteiger partial charge < -0.3 is 14.8 Å².